The lowest BCUT2D eigenvalue weighted by molar-refractivity contribution is -0.121. The van der Waals surface area contributed by atoms with Crippen LogP contribution in [0.15, 0.2) is 0 Å². The number of fused-ring (bicyclic) bond motifs is 2. The zero-order chi connectivity index (χ0) is 5.56. The summed E-state index contributed by atoms with van der Waals surface area (Å²) >= 11 is 0. The first kappa shape index (κ1) is 4.32. The van der Waals surface area contributed by atoms with E-state index in [1.807, 2.05) is 0 Å². The van der Waals surface area contributed by atoms with Crippen molar-refractivity contribution in [2.24, 2.45) is 0 Å². The van der Waals surface area contributed by atoms with Crippen LogP contribution in [0.4, 0.5) is 0 Å². The molecule has 0 radical (unpaired) electrons. The summed E-state index contributed by atoms with van der Waals surface area (Å²) < 4.78 is 0. The summed E-state index contributed by atoms with van der Waals surface area (Å²) in [5.41, 5.74) is 0. The molecule has 2 heterocycles. The van der Waals surface area contributed by atoms with Gasteiger partial charge in [-0.2, -0.15) is 0 Å². The van der Waals surface area contributed by atoms with Gasteiger partial charge in [0.25, 0.3) is 0 Å². The van der Waals surface area contributed by atoms with Crippen LogP contribution in [0, 0.1) is 0 Å². The maximum absolute atomic E-state index is 10.7. The Kier molecular flexibility index (Phi) is 0.663. The first-order valence-corrected chi connectivity index (χ1v) is 2.90. The molecule has 2 bridgehead atoms. The van der Waals surface area contributed by atoms with Crippen molar-refractivity contribution in [1.29, 1.82) is 0 Å². The Bertz CT molecular complexity index is 134. The van der Waals surface area contributed by atoms with Gasteiger partial charge in [-0.05, 0) is 6.42 Å². The molecule has 0 aliphatic carbocycles. The first-order valence-electron chi connectivity index (χ1n) is 2.90. The highest BCUT2D eigenvalue weighted by Crippen LogP contribution is 2.13. The maximum Gasteiger partial charge on any atom is 0.237 e. The molecule has 2 rings (SSSR count). The van der Waals surface area contributed by atoms with Gasteiger partial charge in [0, 0.05) is 12.6 Å². The fourth-order valence-electron chi connectivity index (χ4n) is 1.35. The zero-order valence-corrected chi connectivity index (χ0v) is 4.48. The van der Waals surface area contributed by atoms with Crippen molar-refractivity contribution in [1.82, 2.24) is 10.6 Å². The molecule has 2 aliphatic heterocycles. The SMILES string of the molecule is O=C1N[C@@H]2CNC1C2. The number of piperazine rings is 1. The van der Waals surface area contributed by atoms with Crippen molar-refractivity contribution < 1.29 is 4.79 Å². The van der Waals surface area contributed by atoms with E-state index in [2.05, 4.69) is 10.6 Å². The fourth-order valence-corrected chi connectivity index (χ4v) is 1.35. The molecular weight excluding hydrogens is 104 g/mol. The standard InChI is InChI=1S/C5H8N2O/c8-5-4-1-3(7-5)2-6-4/h3-4,6H,1-2H2,(H,7,8)/t3-,4?/m0/s1. The highest BCUT2D eigenvalue weighted by atomic mass is 16.2. The van der Waals surface area contributed by atoms with Gasteiger partial charge in [-0.1, -0.05) is 0 Å². The molecule has 2 N–H and O–H groups in total. The van der Waals surface area contributed by atoms with Gasteiger partial charge in [-0.3, -0.25) is 4.79 Å². The summed E-state index contributed by atoms with van der Waals surface area (Å²) in [6.07, 6.45) is 0.999. The topological polar surface area (TPSA) is 41.1 Å². The third-order valence-electron chi connectivity index (χ3n) is 1.79. The Labute approximate surface area is 47.4 Å². The van der Waals surface area contributed by atoms with E-state index < -0.39 is 0 Å². The molecule has 0 spiro atoms. The van der Waals surface area contributed by atoms with Crippen LogP contribution in [-0.4, -0.2) is 24.5 Å². The first-order chi connectivity index (χ1) is 3.86. The molecule has 0 saturated carbocycles. The quantitative estimate of drug-likeness (QED) is 0.415. The van der Waals surface area contributed by atoms with Crippen molar-refractivity contribution in [3.8, 4) is 0 Å². The normalized spacial score (nSPS) is 42.8. The highest BCUT2D eigenvalue weighted by molar-refractivity contribution is 5.85. The maximum atomic E-state index is 10.7. The van der Waals surface area contributed by atoms with Gasteiger partial charge in [0.15, 0.2) is 0 Å². The summed E-state index contributed by atoms with van der Waals surface area (Å²) in [5, 5.41) is 5.95. The van der Waals surface area contributed by atoms with E-state index in [0.717, 1.165) is 13.0 Å². The number of hydrogen-bond donors (Lipinski definition) is 2. The number of carbonyl (C=O) groups is 1. The number of nitrogens with one attached hydrogen (secondary N) is 2. The van der Waals surface area contributed by atoms with Crippen LogP contribution < -0.4 is 10.6 Å². The fraction of sp³-hybridized carbons (Fsp3) is 0.800. The molecule has 0 aromatic rings. The van der Waals surface area contributed by atoms with Crippen LogP contribution in [0.25, 0.3) is 0 Å². The Hall–Kier alpha value is -0.570. The van der Waals surface area contributed by atoms with Gasteiger partial charge < -0.3 is 10.6 Å². The smallest absolute Gasteiger partial charge is 0.237 e. The minimum atomic E-state index is 0.139. The van der Waals surface area contributed by atoms with Crippen LogP contribution >= 0.6 is 0 Å². The van der Waals surface area contributed by atoms with Gasteiger partial charge in [0.05, 0.1) is 6.04 Å². The van der Waals surface area contributed by atoms with E-state index in [0.29, 0.717) is 6.04 Å². The minimum Gasteiger partial charge on any atom is -0.351 e. The molecule has 2 fully saturated rings. The zero-order valence-electron chi connectivity index (χ0n) is 4.48. The van der Waals surface area contributed by atoms with Gasteiger partial charge in [0.1, 0.15) is 0 Å². The van der Waals surface area contributed by atoms with E-state index in [1.165, 1.54) is 0 Å². The van der Waals surface area contributed by atoms with Crippen LogP contribution in [0.2, 0.25) is 0 Å². The number of carbonyl (C=O) groups excluding carboxylic acids is 1. The van der Waals surface area contributed by atoms with Crippen molar-refractivity contribution in [3.63, 3.8) is 0 Å². The second-order valence-electron chi connectivity index (χ2n) is 2.40. The predicted molar refractivity (Wildman–Crippen MR) is 28.3 cm³/mol. The van der Waals surface area contributed by atoms with Gasteiger partial charge >= 0.3 is 0 Å². The Balaban J connectivity index is 2.22. The van der Waals surface area contributed by atoms with E-state index in [-0.39, 0.29) is 11.9 Å². The van der Waals surface area contributed by atoms with Gasteiger partial charge in [-0.15, -0.1) is 0 Å². The molecular formula is C5H8N2O. The molecule has 1 amide bonds. The third kappa shape index (κ3) is 0.395. The van der Waals surface area contributed by atoms with Crippen molar-refractivity contribution in [3.05, 3.63) is 0 Å². The number of amides is 1. The van der Waals surface area contributed by atoms with Gasteiger partial charge in [-0.25, -0.2) is 0 Å². The summed E-state index contributed by atoms with van der Waals surface area (Å²) in [7, 11) is 0. The monoisotopic (exact) mass is 112 g/mol. The molecule has 44 valence electrons. The number of hydrogen-bond acceptors (Lipinski definition) is 2. The Morgan fingerprint density at radius 1 is 1.62 bits per heavy atom. The van der Waals surface area contributed by atoms with Crippen molar-refractivity contribution >= 4 is 5.91 Å². The molecule has 3 heteroatoms. The molecule has 2 atom stereocenters. The summed E-state index contributed by atoms with van der Waals surface area (Å²) in [5.74, 6) is 0.182. The molecule has 3 nitrogen and oxygen atoms in total. The molecule has 8 heavy (non-hydrogen) atoms. The van der Waals surface area contributed by atoms with Crippen molar-refractivity contribution in [2.75, 3.05) is 6.54 Å². The summed E-state index contributed by atoms with van der Waals surface area (Å²) in [4.78, 5) is 10.7. The lowest BCUT2D eigenvalue weighted by atomic mass is 10.2. The van der Waals surface area contributed by atoms with Crippen LogP contribution in [0.3, 0.4) is 0 Å². The second-order valence-corrected chi connectivity index (χ2v) is 2.40. The molecule has 2 aliphatic rings. The van der Waals surface area contributed by atoms with E-state index in [9.17, 15) is 4.79 Å². The average molecular weight is 112 g/mol. The van der Waals surface area contributed by atoms with E-state index >= 15 is 0 Å². The summed E-state index contributed by atoms with van der Waals surface area (Å²) in [6.45, 7) is 0.969. The lowest BCUT2D eigenvalue weighted by Crippen LogP contribution is -2.44. The molecule has 0 aromatic carbocycles. The van der Waals surface area contributed by atoms with Crippen LogP contribution in [0.1, 0.15) is 6.42 Å². The van der Waals surface area contributed by atoms with Crippen molar-refractivity contribution in [2.45, 2.75) is 18.5 Å². The summed E-state index contributed by atoms with van der Waals surface area (Å²) in [6, 6.07) is 0.576. The largest absolute Gasteiger partial charge is 0.351 e. The number of rotatable bonds is 0. The molecule has 2 saturated heterocycles. The van der Waals surface area contributed by atoms with Crippen LogP contribution in [-0.2, 0) is 4.79 Å². The molecule has 1 unspecified atom stereocenters. The second kappa shape index (κ2) is 1.23. The molecule has 0 aromatic heterocycles. The van der Waals surface area contributed by atoms with E-state index in [4.69, 9.17) is 0 Å². The minimum absolute atomic E-state index is 0.139. The Morgan fingerprint density at radius 3 is 2.75 bits per heavy atom. The third-order valence-corrected chi connectivity index (χ3v) is 1.79. The van der Waals surface area contributed by atoms with Gasteiger partial charge in [0.2, 0.25) is 5.91 Å². The average Bonchev–Trinajstić information content (AvgIpc) is 2.23. The lowest BCUT2D eigenvalue weighted by Gasteiger charge is -2.10. The highest BCUT2D eigenvalue weighted by Gasteiger charge is 2.37. The van der Waals surface area contributed by atoms with Crippen LogP contribution in [0.5, 0.6) is 0 Å². The predicted octanol–water partition coefficient (Wildman–Crippen LogP) is -1.15. The Morgan fingerprint density at radius 2 is 2.50 bits per heavy atom. The van der Waals surface area contributed by atoms with E-state index in [1.54, 1.807) is 0 Å².